The van der Waals surface area contributed by atoms with Crippen LogP contribution in [0.25, 0.3) is 11.4 Å². The Morgan fingerprint density at radius 2 is 1.97 bits per heavy atom. The zero-order valence-electron chi connectivity index (χ0n) is 15.4. The van der Waals surface area contributed by atoms with Gasteiger partial charge in [-0.15, -0.1) is 13.2 Å². The second kappa shape index (κ2) is 8.10. The summed E-state index contributed by atoms with van der Waals surface area (Å²) in [5, 5.41) is 3.92. The van der Waals surface area contributed by atoms with Crippen LogP contribution >= 0.6 is 15.9 Å². The molecule has 3 aromatic rings. The number of amides is 1. The quantitative estimate of drug-likeness (QED) is 0.497. The molecule has 0 radical (unpaired) electrons. The molecule has 1 fully saturated rings. The van der Waals surface area contributed by atoms with Crippen LogP contribution in [0.5, 0.6) is 5.75 Å². The van der Waals surface area contributed by atoms with Crippen molar-refractivity contribution in [2.24, 2.45) is 0 Å². The molecular weight excluding hydrogens is 467 g/mol. The lowest BCUT2D eigenvalue weighted by Crippen LogP contribution is -2.27. The fourth-order valence-electron chi connectivity index (χ4n) is 3.31. The molecule has 1 aliphatic heterocycles. The van der Waals surface area contributed by atoms with Crippen molar-refractivity contribution in [3.05, 3.63) is 64.5 Å². The summed E-state index contributed by atoms with van der Waals surface area (Å²) in [6, 6.07) is 12.5. The molecule has 1 unspecified atom stereocenters. The molecule has 1 amide bonds. The Labute approximate surface area is 177 Å². The summed E-state index contributed by atoms with van der Waals surface area (Å²) in [4.78, 5) is 18.5. The minimum absolute atomic E-state index is 0.00613. The van der Waals surface area contributed by atoms with Gasteiger partial charge in [-0.2, -0.15) is 4.98 Å². The van der Waals surface area contributed by atoms with Crippen LogP contribution in [0.3, 0.4) is 0 Å². The average Bonchev–Trinajstić information content (AvgIpc) is 3.29. The third-order valence-electron chi connectivity index (χ3n) is 4.64. The second-order valence-corrected chi connectivity index (χ2v) is 7.65. The molecule has 0 saturated carbocycles. The molecule has 1 saturated heterocycles. The van der Waals surface area contributed by atoms with Crippen LogP contribution in [-0.2, 0) is 11.3 Å². The highest BCUT2D eigenvalue weighted by molar-refractivity contribution is 9.10. The summed E-state index contributed by atoms with van der Waals surface area (Å²) < 4.78 is 47.0. The first kappa shape index (κ1) is 20.4. The molecule has 0 spiro atoms. The summed E-state index contributed by atoms with van der Waals surface area (Å²) in [5.74, 6) is 0.178. The molecule has 2 aromatic carbocycles. The predicted molar refractivity (Wildman–Crippen MR) is 103 cm³/mol. The zero-order chi connectivity index (χ0) is 21.3. The van der Waals surface area contributed by atoms with Crippen LogP contribution in [0.1, 0.15) is 30.3 Å². The highest BCUT2D eigenvalue weighted by Crippen LogP contribution is 2.34. The van der Waals surface area contributed by atoms with E-state index in [1.54, 1.807) is 4.90 Å². The van der Waals surface area contributed by atoms with Gasteiger partial charge in [-0.25, -0.2) is 0 Å². The highest BCUT2D eigenvalue weighted by atomic mass is 79.9. The molecule has 4 rings (SSSR count). The van der Waals surface area contributed by atoms with Crippen molar-refractivity contribution in [3.63, 3.8) is 0 Å². The predicted octanol–water partition coefficient (Wildman–Crippen LogP) is 5.26. The maximum Gasteiger partial charge on any atom is 0.573 e. The molecule has 1 aliphatic rings. The third-order valence-corrected chi connectivity index (χ3v) is 5.14. The molecule has 1 atom stereocenters. The first-order valence-electron chi connectivity index (χ1n) is 9.02. The van der Waals surface area contributed by atoms with E-state index in [1.807, 2.05) is 24.3 Å². The number of carbonyl (C=O) groups excluding carboxylic acids is 1. The molecule has 0 aliphatic carbocycles. The van der Waals surface area contributed by atoms with Gasteiger partial charge >= 0.3 is 6.36 Å². The molecule has 10 heteroatoms. The van der Waals surface area contributed by atoms with Crippen LogP contribution in [0.2, 0.25) is 0 Å². The third kappa shape index (κ3) is 4.64. The lowest BCUT2D eigenvalue weighted by atomic mass is 10.1. The van der Waals surface area contributed by atoms with Crippen LogP contribution in [0, 0.1) is 0 Å². The number of hydrogen-bond donors (Lipinski definition) is 0. The molecule has 30 heavy (non-hydrogen) atoms. The number of nitrogens with zero attached hydrogens (tertiary/aromatic N) is 3. The fourth-order valence-corrected chi connectivity index (χ4v) is 3.76. The Bertz CT molecular complexity index is 1050. The fraction of sp³-hybridized carbons (Fsp3) is 0.250. The molecule has 156 valence electrons. The maximum atomic E-state index is 12.4. The standard InChI is InChI=1S/C20H15BrF3N3O3/c21-14-3-1-2-12(10-14)11-27-16(8-9-17(27)28)19-25-18(26-30-19)13-4-6-15(7-5-13)29-20(22,23)24/h1-7,10,16H,8-9,11H2. The van der Waals surface area contributed by atoms with Gasteiger partial charge in [-0.05, 0) is 48.4 Å². The molecule has 0 bridgehead atoms. The number of rotatable bonds is 5. The van der Waals surface area contributed by atoms with E-state index in [9.17, 15) is 18.0 Å². The smallest absolute Gasteiger partial charge is 0.406 e. The van der Waals surface area contributed by atoms with E-state index in [2.05, 4.69) is 30.8 Å². The van der Waals surface area contributed by atoms with E-state index in [-0.39, 0.29) is 23.5 Å². The molecular formula is C20H15BrF3N3O3. The number of alkyl halides is 3. The maximum absolute atomic E-state index is 12.4. The number of likely N-dealkylation sites (tertiary alicyclic amines) is 1. The van der Waals surface area contributed by atoms with Crippen molar-refractivity contribution in [1.29, 1.82) is 0 Å². The normalized spacial score (nSPS) is 16.9. The van der Waals surface area contributed by atoms with Crippen molar-refractivity contribution in [1.82, 2.24) is 15.0 Å². The van der Waals surface area contributed by atoms with E-state index in [0.29, 0.717) is 30.8 Å². The van der Waals surface area contributed by atoms with Crippen molar-refractivity contribution >= 4 is 21.8 Å². The Hall–Kier alpha value is -2.88. The van der Waals surface area contributed by atoms with Crippen LogP contribution in [-0.4, -0.2) is 27.3 Å². The van der Waals surface area contributed by atoms with E-state index >= 15 is 0 Å². The van der Waals surface area contributed by atoms with Crippen molar-refractivity contribution < 1.29 is 27.2 Å². The minimum atomic E-state index is -4.76. The van der Waals surface area contributed by atoms with Gasteiger partial charge in [0.1, 0.15) is 11.8 Å². The van der Waals surface area contributed by atoms with Gasteiger partial charge in [-0.1, -0.05) is 33.2 Å². The van der Waals surface area contributed by atoms with Crippen LogP contribution in [0.4, 0.5) is 13.2 Å². The SMILES string of the molecule is O=C1CCC(c2nc(-c3ccc(OC(F)(F)F)cc3)no2)N1Cc1cccc(Br)c1. The zero-order valence-corrected chi connectivity index (χ0v) is 17.0. The summed E-state index contributed by atoms with van der Waals surface area (Å²) in [7, 11) is 0. The Morgan fingerprint density at radius 1 is 1.20 bits per heavy atom. The van der Waals surface area contributed by atoms with E-state index in [0.717, 1.165) is 10.0 Å². The number of carbonyl (C=O) groups is 1. The largest absolute Gasteiger partial charge is 0.573 e. The van der Waals surface area contributed by atoms with Gasteiger partial charge in [0.05, 0.1) is 0 Å². The van der Waals surface area contributed by atoms with Crippen LogP contribution in [0.15, 0.2) is 57.5 Å². The molecule has 2 heterocycles. The first-order valence-corrected chi connectivity index (χ1v) is 9.81. The van der Waals surface area contributed by atoms with Crippen molar-refractivity contribution in [3.8, 4) is 17.1 Å². The monoisotopic (exact) mass is 481 g/mol. The van der Waals surface area contributed by atoms with Gasteiger partial charge in [0, 0.05) is 23.0 Å². The van der Waals surface area contributed by atoms with E-state index in [4.69, 9.17) is 4.52 Å². The van der Waals surface area contributed by atoms with E-state index < -0.39 is 6.36 Å². The Balaban J connectivity index is 1.51. The second-order valence-electron chi connectivity index (χ2n) is 6.73. The van der Waals surface area contributed by atoms with E-state index in [1.165, 1.54) is 24.3 Å². The summed E-state index contributed by atoms with van der Waals surface area (Å²) >= 11 is 3.42. The lowest BCUT2D eigenvalue weighted by Gasteiger charge is -2.22. The van der Waals surface area contributed by atoms with Gasteiger partial charge in [0.25, 0.3) is 0 Å². The number of hydrogen-bond acceptors (Lipinski definition) is 5. The molecule has 0 N–H and O–H groups in total. The minimum Gasteiger partial charge on any atom is -0.406 e. The van der Waals surface area contributed by atoms with Crippen molar-refractivity contribution in [2.45, 2.75) is 31.8 Å². The topological polar surface area (TPSA) is 68.5 Å². The molecule has 6 nitrogen and oxygen atoms in total. The summed E-state index contributed by atoms with van der Waals surface area (Å²) in [6.07, 6.45) is -3.83. The number of benzene rings is 2. The highest BCUT2D eigenvalue weighted by Gasteiger charge is 2.36. The Morgan fingerprint density at radius 3 is 2.67 bits per heavy atom. The number of ether oxygens (including phenoxy) is 1. The van der Waals surface area contributed by atoms with Gasteiger partial charge in [0.15, 0.2) is 0 Å². The van der Waals surface area contributed by atoms with Gasteiger partial charge in [0.2, 0.25) is 17.6 Å². The number of halogens is 4. The van der Waals surface area contributed by atoms with Crippen LogP contribution < -0.4 is 4.74 Å². The van der Waals surface area contributed by atoms with Crippen molar-refractivity contribution in [2.75, 3.05) is 0 Å². The summed E-state index contributed by atoms with van der Waals surface area (Å²) in [6.45, 7) is 0.407. The lowest BCUT2D eigenvalue weighted by molar-refractivity contribution is -0.274. The van der Waals surface area contributed by atoms with Gasteiger partial charge < -0.3 is 14.2 Å². The van der Waals surface area contributed by atoms with Gasteiger partial charge in [-0.3, -0.25) is 4.79 Å². The molecule has 1 aromatic heterocycles. The Kier molecular flexibility index (Phi) is 5.50. The first-order chi connectivity index (χ1) is 14.3. The summed E-state index contributed by atoms with van der Waals surface area (Å²) in [5.41, 5.74) is 1.44. The number of aromatic nitrogens is 2. The average molecular weight is 482 g/mol.